The average molecular weight is 173 g/mol. The van der Waals surface area contributed by atoms with Gasteiger partial charge in [0.15, 0.2) is 0 Å². The third-order valence-corrected chi connectivity index (χ3v) is 2.31. The molecule has 0 fully saturated rings. The highest BCUT2D eigenvalue weighted by molar-refractivity contribution is 7.79. The number of hydrogen-bond acceptors (Lipinski definition) is 1. The van der Waals surface area contributed by atoms with Gasteiger partial charge in [-0.3, -0.25) is 0 Å². The molecule has 2 rings (SSSR count). The predicted molar refractivity (Wildman–Crippen MR) is 55.5 cm³/mol. The first-order valence-corrected chi connectivity index (χ1v) is 4.54. The van der Waals surface area contributed by atoms with Crippen LogP contribution in [0.15, 0.2) is 36.4 Å². The second kappa shape index (κ2) is 3.20. The van der Waals surface area contributed by atoms with Crippen molar-refractivity contribution in [2.45, 2.75) is 5.75 Å². The summed E-state index contributed by atoms with van der Waals surface area (Å²) < 4.78 is 0. The van der Waals surface area contributed by atoms with Crippen LogP contribution in [-0.2, 0) is 5.75 Å². The molecule has 59 valence electrons. The van der Waals surface area contributed by atoms with Crippen LogP contribution in [-0.4, -0.2) is 0 Å². The van der Waals surface area contributed by atoms with Crippen molar-refractivity contribution in [1.29, 1.82) is 0 Å². The highest BCUT2D eigenvalue weighted by Crippen LogP contribution is 2.18. The fourth-order valence-corrected chi connectivity index (χ4v) is 1.62. The van der Waals surface area contributed by atoms with E-state index in [0.29, 0.717) is 0 Å². The summed E-state index contributed by atoms with van der Waals surface area (Å²) in [5.41, 5.74) is 1.27. The molecule has 2 aromatic carbocycles. The second-order valence-corrected chi connectivity index (χ2v) is 3.02. The summed E-state index contributed by atoms with van der Waals surface area (Å²) in [6.07, 6.45) is 0. The molecule has 0 spiro atoms. The third-order valence-electron chi connectivity index (χ3n) is 1.97. The Labute approximate surface area is 77.6 Å². The second-order valence-electron chi connectivity index (χ2n) is 2.71. The highest BCUT2D eigenvalue weighted by atomic mass is 32.1. The minimum absolute atomic E-state index is 0.787. The van der Waals surface area contributed by atoms with E-state index in [1.165, 1.54) is 16.3 Å². The molecule has 0 aromatic heterocycles. The molecule has 0 atom stereocenters. The number of benzene rings is 2. The zero-order valence-corrected chi connectivity index (χ0v) is 7.51. The number of rotatable bonds is 1. The van der Waals surface area contributed by atoms with E-state index in [1.807, 2.05) is 18.2 Å². The maximum Gasteiger partial charge on any atom is 0.0160 e. The summed E-state index contributed by atoms with van der Waals surface area (Å²) in [6, 6.07) is 15.5. The lowest BCUT2D eigenvalue weighted by molar-refractivity contribution is 1.48. The topological polar surface area (TPSA) is 0 Å². The summed E-state index contributed by atoms with van der Waals surface area (Å²) in [7, 11) is 0. The van der Waals surface area contributed by atoms with Crippen LogP contribution < -0.4 is 0 Å². The lowest BCUT2D eigenvalue weighted by atomic mass is 10.1. The highest BCUT2D eigenvalue weighted by Gasteiger charge is 1.96. The van der Waals surface area contributed by atoms with Gasteiger partial charge in [-0.2, -0.15) is 12.6 Å². The van der Waals surface area contributed by atoms with Gasteiger partial charge in [-0.1, -0.05) is 36.4 Å². The summed E-state index contributed by atoms with van der Waals surface area (Å²) in [6.45, 7) is 0. The summed E-state index contributed by atoms with van der Waals surface area (Å²) in [5, 5.41) is 2.43. The fraction of sp³-hybridized carbons (Fsp3) is 0.0909. The molecule has 0 heterocycles. The molecule has 0 amide bonds. The third kappa shape index (κ3) is 1.21. The molecule has 0 saturated heterocycles. The van der Waals surface area contributed by atoms with Crippen molar-refractivity contribution >= 4 is 23.4 Å². The molecule has 0 aliphatic heterocycles. The molecule has 0 aliphatic rings. The van der Waals surface area contributed by atoms with E-state index in [1.54, 1.807) is 0 Å². The van der Waals surface area contributed by atoms with Gasteiger partial charge in [-0.05, 0) is 22.4 Å². The van der Waals surface area contributed by atoms with Crippen molar-refractivity contribution in [3.05, 3.63) is 48.0 Å². The van der Waals surface area contributed by atoms with Gasteiger partial charge in [0.1, 0.15) is 0 Å². The lowest BCUT2D eigenvalue weighted by Gasteiger charge is -2.01. The number of fused-ring (bicyclic) bond motifs is 1. The van der Waals surface area contributed by atoms with Crippen molar-refractivity contribution < 1.29 is 0 Å². The Morgan fingerprint density at radius 1 is 1.17 bits per heavy atom. The molecule has 2 aromatic rings. The first-order valence-electron chi connectivity index (χ1n) is 3.91. The molecule has 1 heteroatoms. The van der Waals surface area contributed by atoms with E-state index in [9.17, 15) is 0 Å². The molecular weight excluding hydrogens is 164 g/mol. The van der Waals surface area contributed by atoms with Gasteiger partial charge in [-0.15, -0.1) is 0 Å². The molecular formula is C11H9S. The summed E-state index contributed by atoms with van der Waals surface area (Å²) in [5.74, 6) is 0.787. The number of hydrogen-bond donors (Lipinski definition) is 1. The van der Waals surface area contributed by atoms with E-state index in [-0.39, 0.29) is 0 Å². The van der Waals surface area contributed by atoms with Crippen molar-refractivity contribution in [3.8, 4) is 0 Å². The van der Waals surface area contributed by atoms with E-state index in [0.717, 1.165) is 5.75 Å². The fourth-order valence-electron chi connectivity index (χ4n) is 1.35. The van der Waals surface area contributed by atoms with Crippen LogP contribution in [0.2, 0.25) is 0 Å². The molecule has 0 unspecified atom stereocenters. The molecule has 0 nitrogen and oxygen atoms in total. The zero-order chi connectivity index (χ0) is 8.39. The molecule has 0 bridgehead atoms. The Bertz CT molecular complexity index is 388. The Morgan fingerprint density at radius 2 is 2.00 bits per heavy atom. The standard InChI is InChI=1S/C11H9S/c12-8-10-6-3-5-9-4-1-2-7-11(9)10/h1-4,6-7,12H,8H2. The largest absolute Gasteiger partial charge is 0.175 e. The van der Waals surface area contributed by atoms with Gasteiger partial charge in [0.25, 0.3) is 0 Å². The Balaban J connectivity index is 2.79. The van der Waals surface area contributed by atoms with E-state index < -0.39 is 0 Å². The van der Waals surface area contributed by atoms with Crippen molar-refractivity contribution in [2.75, 3.05) is 0 Å². The normalized spacial score (nSPS) is 10.4. The first kappa shape index (κ1) is 7.69. The van der Waals surface area contributed by atoms with E-state index in [2.05, 4.69) is 36.9 Å². The summed E-state index contributed by atoms with van der Waals surface area (Å²) in [4.78, 5) is 0. The Morgan fingerprint density at radius 3 is 2.83 bits per heavy atom. The maximum absolute atomic E-state index is 4.27. The monoisotopic (exact) mass is 173 g/mol. The van der Waals surface area contributed by atoms with Crippen molar-refractivity contribution in [1.82, 2.24) is 0 Å². The molecule has 0 saturated carbocycles. The zero-order valence-electron chi connectivity index (χ0n) is 6.62. The van der Waals surface area contributed by atoms with Crippen LogP contribution in [0.5, 0.6) is 0 Å². The van der Waals surface area contributed by atoms with Gasteiger partial charge >= 0.3 is 0 Å². The molecule has 12 heavy (non-hydrogen) atoms. The number of thiol groups is 1. The van der Waals surface area contributed by atoms with Crippen molar-refractivity contribution in [2.24, 2.45) is 0 Å². The predicted octanol–water partition coefficient (Wildman–Crippen LogP) is 3.07. The van der Waals surface area contributed by atoms with Crippen LogP contribution in [0, 0.1) is 6.07 Å². The molecule has 1 radical (unpaired) electrons. The van der Waals surface area contributed by atoms with Gasteiger partial charge in [0.05, 0.1) is 0 Å². The van der Waals surface area contributed by atoms with Gasteiger partial charge in [0, 0.05) is 5.75 Å². The SMILES string of the molecule is SCc1cc[c]c2ccccc12. The van der Waals surface area contributed by atoms with Crippen LogP contribution in [0.3, 0.4) is 0 Å². The van der Waals surface area contributed by atoms with Crippen LogP contribution in [0.1, 0.15) is 5.56 Å². The minimum Gasteiger partial charge on any atom is -0.175 e. The van der Waals surface area contributed by atoms with Crippen molar-refractivity contribution in [3.63, 3.8) is 0 Å². The van der Waals surface area contributed by atoms with E-state index >= 15 is 0 Å². The maximum atomic E-state index is 4.27. The molecule has 0 aliphatic carbocycles. The Kier molecular flexibility index (Phi) is 2.05. The lowest BCUT2D eigenvalue weighted by Crippen LogP contribution is -1.80. The van der Waals surface area contributed by atoms with Crippen LogP contribution in [0.25, 0.3) is 10.8 Å². The Hall–Kier alpha value is -0.950. The van der Waals surface area contributed by atoms with Crippen LogP contribution in [0.4, 0.5) is 0 Å². The minimum atomic E-state index is 0.787. The first-order chi connectivity index (χ1) is 5.92. The van der Waals surface area contributed by atoms with E-state index in [4.69, 9.17) is 0 Å². The average Bonchev–Trinajstić information content (AvgIpc) is 2.17. The smallest absolute Gasteiger partial charge is 0.0160 e. The van der Waals surface area contributed by atoms with Crippen LogP contribution >= 0.6 is 12.6 Å². The van der Waals surface area contributed by atoms with Gasteiger partial charge in [-0.25, -0.2) is 0 Å². The summed E-state index contributed by atoms with van der Waals surface area (Å²) >= 11 is 4.27. The molecule has 0 N–H and O–H groups in total. The van der Waals surface area contributed by atoms with Gasteiger partial charge < -0.3 is 0 Å². The van der Waals surface area contributed by atoms with Gasteiger partial charge in [0.2, 0.25) is 0 Å². The quantitative estimate of drug-likeness (QED) is 0.629.